The quantitative estimate of drug-likeness (QED) is 0.135. The number of hydrogen-bond acceptors (Lipinski definition) is 12. The zero-order valence-corrected chi connectivity index (χ0v) is 34.2. The van der Waals surface area contributed by atoms with Crippen LogP contribution in [0, 0.1) is 23.2 Å². The molecule has 3 amide bonds. The minimum atomic E-state index is -1.41. The normalized spacial score (nSPS) is 26.8. The van der Waals surface area contributed by atoms with E-state index >= 15 is 0 Å². The fourth-order valence-corrected chi connectivity index (χ4v) is 9.24. The van der Waals surface area contributed by atoms with Crippen LogP contribution >= 0.6 is 11.3 Å². The molecule has 16 heteroatoms. The van der Waals surface area contributed by atoms with Crippen LogP contribution in [-0.4, -0.2) is 105 Å². The zero-order chi connectivity index (χ0) is 40.8. The number of anilines is 1. The molecule has 3 heterocycles. The van der Waals surface area contributed by atoms with Gasteiger partial charge in [0.25, 0.3) is 0 Å². The van der Waals surface area contributed by atoms with Crippen LogP contribution < -0.4 is 25.4 Å². The van der Waals surface area contributed by atoms with E-state index in [-0.39, 0.29) is 44.2 Å². The molecule has 8 atom stereocenters. The van der Waals surface area contributed by atoms with Gasteiger partial charge in [0.2, 0.25) is 11.8 Å². The lowest BCUT2D eigenvalue weighted by atomic mass is 9.85. The van der Waals surface area contributed by atoms with Gasteiger partial charge in [-0.3, -0.25) is 9.59 Å². The number of aliphatic carboxylic acids is 1. The standard InChI is InChI=1S/C41H54N6O9S/c1-7-24-18-41(24,37(51)52)46-35(49)32-16-27(19-47(32)36(50)34(40(4,5)6)45-39(53)56-26-13-22-12-23(22)14-26)55-33-17-30(31-20-57-38(44-31)42-21(2)3)43-29-15-25(54-11-10-48)8-9-28(29)33/h8-9,15,17,20-24,26-27,32,34,48H,7,10-14,16,18-19H2,1-6H3,(H,42,44)(H,45,53)(H,46,49)(H,51,52)/t22-,23+,24-,26+,27+,32+,34?,41?/m1/s1. The maximum absolute atomic E-state index is 14.7. The predicted octanol–water partition coefficient (Wildman–Crippen LogP) is 5.21. The molecule has 3 aliphatic carbocycles. The summed E-state index contributed by atoms with van der Waals surface area (Å²) in [6, 6.07) is 5.11. The van der Waals surface area contributed by atoms with Crippen LogP contribution in [0.2, 0.25) is 0 Å². The lowest BCUT2D eigenvalue weighted by Gasteiger charge is -2.35. The molecule has 5 N–H and O–H groups in total. The zero-order valence-electron chi connectivity index (χ0n) is 33.4. The Hall–Kier alpha value is -4.70. The van der Waals surface area contributed by atoms with E-state index in [0.29, 0.717) is 58.5 Å². The van der Waals surface area contributed by atoms with Crippen molar-refractivity contribution in [2.24, 2.45) is 23.2 Å². The highest BCUT2D eigenvalue weighted by atomic mass is 32.1. The number of pyridine rings is 1. The number of fused-ring (bicyclic) bond motifs is 2. The van der Waals surface area contributed by atoms with Crippen molar-refractivity contribution in [1.82, 2.24) is 25.5 Å². The highest BCUT2D eigenvalue weighted by Gasteiger charge is 2.61. The Morgan fingerprint density at radius 2 is 1.79 bits per heavy atom. The van der Waals surface area contributed by atoms with Crippen molar-refractivity contribution in [3.63, 3.8) is 0 Å². The summed E-state index contributed by atoms with van der Waals surface area (Å²) in [6.45, 7) is 11.4. The molecule has 1 saturated heterocycles. The fraction of sp³-hybridized carbons (Fsp3) is 0.610. The van der Waals surface area contributed by atoms with Crippen LogP contribution in [0.4, 0.5) is 9.93 Å². The molecule has 15 nitrogen and oxygen atoms in total. The summed E-state index contributed by atoms with van der Waals surface area (Å²) in [4.78, 5) is 65.6. The molecule has 0 bridgehead atoms. The van der Waals surface area contributed by atoms with Gasteiger partial charge in [0.05, 0.1) is 24.4 Å². The summed E-state index contributed by atoms with van der Waals surface area (Å²) < 4.78 is 18.2. The summed E-state index contributed by atoms with van der Waals surface area (Å²) >= 11 is 1.45. The van der Waals surface area contributed by atoms with Gasteiger partial charge in [-0.2, -0.15) is 0 Å². The molecule has 0 radical (unpaired) electrons. The van der Waals surface area contributed by atoms with Gasteiger partial charge < -0.3 is 45.3 Å². The van der Waals surface area contributed by atoms with Gasteiger partial charge in [0.15, 0.2) is 5.13 Å². The molecule has 1 aromatic carbocycles. The summed E-state index contributed by atoms with van der Waals surface area (Å²) in [7, 11) is 0. The predicted molar refractivity (Wildman–Crippen MR) is 213 cm³/mol. The third-order valence-electron chi connectivity index (χ3n) is 11.6. The van der Waals surface area contributed by atoms with Gasteiger partial charge in [-0.25, -0.2) is 19.6 Å². The molecule has 7 rings (SSSR count). The SMILES string of the molecule is CC[C@@H]1CC1(NC(=O)[C@@H]1C[C@H](Oc2cc(-c3csc(NC(C)C)n3)nc3cc(OCCO)ccc23)CN1C(=O)C(NC(=O)O[C@@H]1C[C@@H]2C[C@@H]2C1)C(C)(C)C)C(=O)O. The van der Waals surface area contributed by atoms with Crippen LogP contribution in [0.25, 0.3) is 22.3 Å². The average Bonchev–Trinajstić information content (AvgIpc) is 3.82. The number of thiazole rings is 1. The number of carboxylic acid groups (broad SMARTS) is 1. The molecule has 4 fully saturated rings. The molecule has 0 spiro atoms. The molecule has 57 heavy (non-hydrogen) atoms. The number of amides is 3. The van der Waals surface area contributed by atoms with Gasteiger partial charge in [0.1, 0.15) is 53.6 Å². The number of hydrogen-bond donors (Lipinski definition) is 5. The van der Waals surface area contributed by atoms with Gasteiger partial charge in [0, 0.05) is 35.4 Å². The van der Waals surface area contributed by atoms with Crippen LogP contribution in [0.5, 0.6) is 11.5 Å². The topological polar surface area (TPSA) is 202 Å². The van der Waals surface area contributed by atoms with E-state index < -0.39 is 53.0 Å². The second-order valence-electron chi connectivity index (χ2n) is 17.3. The third-order valence-corrected chi connectivity index (χ3v) is 12.4. The first-order valence-corrected chi connectivity index (χ1v) is 20.9. The lowest BCUT2D eigenvalue weighted by molar-refractivity contribution is -0.146. The van der Waals surface area contributed by atoms with Crippen LogP contribution in [-0.2, 0) is 19.1 Å². The van der Waals surface area contributed by atoms with E-state index in [2.05, 4.69) is 16.0 Å². The number of nitrogens with zero attached hydrogens (tertiary/aromatic N) is 3. The third kappa shape index (κ3) is 8.76. The van der Waals surface area contributed by atoms with Gasteiger partial charge in [-0.15, -0.1) is 11.3 Å². The van der Waals surface area contributed by atoms with Gasteiger partial charge in [-0.1, -0.05) is 34.1 Å². The first-order valence-electron chi connectivity index (χ1n) is 20.0. The molecule has 4 aliphatic rings. The Labute approximate surface area is 336 Å². The van der Waals surface area contributed by atoms with Crippen molar-refractivity contribution in [2.45, 2.75) is 116 Å². The smallest absolute Gasteiger partial charge is 0.408 e. The van der Waals surface area contributed by atoms with Gasteiger partial charge in [-0.05, 0) is 74.8 Å². The summed E-state index contributed by atoms with van der Waals surface area (Å²) in [5.41, 5.74) is -0.490. The van der Waals surface area contributed by atoms with Crippen molar-refractivity contribution in [3.8, 4) is 22.9 Å². The molecule has 2 aromatic heterocycles. The number of benzene rings is 1. The highest BCUT2D eigenvalue weighted by Crippen LogP contribution is 2.52. The number of ether oxygens (including phenoxy) is 3. The maximum atomic E-state index is 14.7. The first kappa shape index (κ1) is 40.5. The molecular formula is C41H54N6O9S. The Kier molecular flexibility index (Phi) is 11.3. The Morgan fingerprint density at radius 3 is 2.44 bits per heavy atom. The molecule has 3 saturated carbocycles. The lowest BCUT2D eigenvalue weighted by Crippen LogP contribution is -2.59. The molecular weight excluding hydrogens is 753 g/mol. The van der Waals surface area contributed by atoms with Crippen LogP contribution in [0.1, 0.15) is 80.1 Å². The number of nitrogens with one attached hydrogen (secondary N) is 3. The summed E-state index contributed by atoms with van der Waals surface area (Å²) in [5.74, 6) is -0.277. The van der Waals surface area contributed by atoms with E-state index in [9.17, 15) is 29.4 Å². The second kappa shape index (κ2) is 15.9. The van der Waals surface area contributed by atoms with Crippen LogP contribution in [0.3, 0.4) is 0 Å². The van der Waals surface area contributed by atoms with E-state index in [1.54, 1.807) is 24.3 Å². The van der Waals surface area contributed by atoms with Crippen molar-refractivity contribution < 1.29 is 43.6 Å². The summed E-state index contributed by atoms with van der Waals surface area (Å²) in [6.07, 6.45) is 2.18. The van der Waals surface area contributed by atoms with Gasteiger partial charge >= 0.3 is 12.1 Å². The Bertz CT molecular complexity index is 2010. The number of carbonyl (C=O) groups excluding carboxylic acids is 3. The van der Waals surface area contributed by atoms with Crippen molar-refractivity contribution in [1.29, 1.82) is 0 Å². The molecule has 1 aliphatic heterocycles. The highest BCUT2D eigenvalue weighted by molar-refractivity contribution is 7.14. The Balaban J connectivity index is 1.19. The maximum Gasteiger partial charge on any atom is 0.408 e. The van der Waals surface area contributed by atoms with E-state index in [4.69, 9.17) is 24.2 Å². The second-order valence-corrected chi connectivity index (χ2v) is 18.2. The number of alkyl carbamates (subject to hydrolysis) is 1. The van der Waals surface area contributed by atoms with Crippen molar-refractivity contribution >= 4 is 51.2 Å². The van der Waals surface area contributed by atoms with E-state index in [0.717, 1.165) is 18.0 Å². The largest absolute Gasteiger partial charge is 0.491 e. The number of carbonyl (C=O) groups is 4. The van der Waals surface area contributed by atoms with E-state index in [1.807, 2.05) is 46.9 Å². The number of carboxylic acids is 1. The fourth-order valence-electron chi connectivity index (χ4n) is 8.38. The number of aromatic nitrogens is 2. The molecule has 308 valence electrons. The Morgan fingerprint density at radius 1 is 1.04 bits per heavy atom. The van der Waals surface area contributed by atoms with Crippen LogP contribution in [0.15, 0.2) is 29.6 Å². The number of likely N-dealkylation sites (tertiary alicyclic amines) is 1. The van der Waals surface area contributed by atoms with E-state index in [1.165, 1.54) is 22.7 Å². The number of rotatable bonds is 15. The van der Waals surface area contributed by atoms with Crippen molar-refractivity contribution in [3.05, 3.63) is 29.6 Å². The molecule has 2 unspecified atom stereocenters. The first-order chi connectivity index (χ1) is 27.1. The minimum Gasteiger partial charge on any atom is -0.491 e. The number of aliphatic hydroxyl groups is 1. The molecule has 3 aromatic rings. The number of aliphatic hydroxyl groups excluding tert-OH is 1. The van der Waals surface area contributed by atoms with Crippen molar-refractivity contribution in [2.75, 3.05) is 25.1 Å². The monoisotopic (exact) mass is 806 g/mol. The summed E-state index contributed by atoms with van der Waals surface area (Å²) in [5, 5.41) is 31.7. The minimum absolute atomic E-state index is 0.0144. The average molecular weight is 807 g/mol.